The summed E-state index contributed by atoms with van der Waals surface area (Å²) >= 11 is 0. The van der Waals surface area contributed by atoms with Crippen LogP contribution in [0, 0.1) is 0 Å². The normalized spacial score (nSPS) is 9.22. The maximum Gasteiger partial charge on any atom is 2.00 e. The van der Waals surface area contributed by atoms with Crippen LogP contribution in [-0.2, 0) is 17.1 Å². The van der Waals surface area contributed by atoms with Crippen molar-refractivity contribution in [2.75, 3.05) is 0 Å². The number of carbonyl (C=O) groups is 2. The van der Waals surface area contributed by atoms with E-state index < -0.39 is 11.8 Å². The third-order valence-corrected chi connectivity index (χ3v) is 3.10. The van der Waals surface area contributed by atoms with Crippen molar-refractivity contribution >= 4 is 11.8 Å². The van der Waals surface area contributed by atoms with E-state index in [2.05, 4.69) is 0 Å². The molecular weight excluding hydrogens is 332 g/mol. The molecule has 4 N–H and O–H groups in total. The van der Waals surface area contributed by atoms with Crippen molar-refractivity contribution in [1.82, 2.24) is 0 Å². The molecule has 23 heavy (non-hydrogen) atoms. The second-order valence-electron chi connectivity index (χ2n) is 4.62. The van der Waals surface area contributed by atoms with Crippen molar-refractivity contribution in [3.05, 3.63) is 83.9 Å². The van der Waals surface area contributed by atoms with E-state index in [-0.39, 0.29) is 22.6 Å². The zero-order valence-corrected chi connectivity index (χ0v) is 13.4. The first-order valence-corrected chi connectivity index (χ1v) is 6.72. The predicted molar refractivity (Wildman–Crippen MR) is 86.5 cm³/mol. The van der Waals surface area contributed by atoms with Gasteiger partial charge in [-0.25, -0.2) is 12.1 Å². The maximum absolute atomic E-state index is 11.4. The first-order chi connectivity index (χ1) is 10.6. The number of amides is 2. The Balaban J connectivity index is 0.000000377. The van der Waals surface area contributed by atoms with Crippen LogP contribution in [0.5, 0.6) is 0 Å². The molecule has 0 fully saturated rings. The van der Waals surface area contributed by atoms with Gasteiger partial charge in [0.25, 0.3) is 0 Å². The summed E-state index contributed by atoms with van der Waals surface area (Å²) in [6.45, 7) is 0. The van der Waals surface area contributed by atoms with Crippen molar-refractivity contribution in [3.63, 3.8) is 0 Å². The summed E-state index contributed by atoms with van der Waals surface area (Å²) in [4.78, 5) is 22.4. The van der Waals surface area contributed by atoms with E-state index in [4.69, 9.17) is 11.5 Å². The standard InChI is InChI=1S/C13H11N2O2.C5H5.Fe/c14-12(16)9-5-6-10(8-3-1-2-4-8)11(7-9)13(15)17;1-2-4-5-3-1;/h1-7H,(H2,14,16)(H2,15,17);1-5H;/q2*-1;+2. The summed E-state index contributed by atoms with van der Waals surface area (Å²) < 4.78 is 0. The van der Waals surface area contributed by atoms with Crippen LogP contribution in [0.4, 0.5) is 0 Å². The molecule has 3 aromatic rings. The molecule has 5 heteroatoms. The molecule has 0 atom stereocenters. The van der Waals surface area contributed by atoms with Crippen LogP contribution in [0.1, 0.15) is 20.7 Å². The van der Waals surface area contributed by atoms with Gasteiger partial charge in [-0.15, -0.1) is 23.8 Å². The van der Waals surface area contributed by atoms with Gasteiger partial charge in [0.1, 0.15) is 0 Å². The van der Waals surface area contributed by atoms with Crippen LogP contribution in [0.2, 0.25) is 0 Å². The number of rotatable bonds is 3. The van der Waals surface area contributed by atoms with Gasteiger partial charge in [-0.3, -0.25) is 9.59 Å². The van der Waals surface area contributed by atoms with Crippen LogP contribution < -0.4 is 11.5 Å². The summed E-state index contributed by atoms with van der Waals surface area (Å²) in [6.07, 6.45) is 0. The number of hydrogen-bond donors (Lipinski definition) is 2. The van der Waals surface area contributed by atoms with Crippen LogP contribution in [-0.4, -0.2) is 11.8 Å². The molecule has 0 unspecified atom stereocenters. The molecule has 0 aromatic heterocycles. The molecule has 0 spiro atoms. The molecule has 0 aliphatic carbocycles. The average Bonchev–Trinajstić information content (AvgIpc) is 3.22. The molecule has 4 nitrogen and oxygen atoms in total. The van der Waals surface area contributed by atoms with Gasteiger partial charge < -0.3 is 11.5 Å². The third-order valence-electron chi connectivity index (χ3n) is 3.10. The van der Waals surface area contributed by atoms with Gasteiger partial charge >= 0.3 is 17.1 Å². The first-order valence-electron chi connectivity index (χ1n) is 6.72. The molecule has 0 heterocycles. The van der Waals surface area contributed by atoms with E-state index in [9.17, 15) is 9.59 Å². The smallest absolute Gasteiger partial charge is 0.372 e. The Hall–Kier alpha value is -2.62. The minimum atomic E-state index is -0.582. The minimum absolute atomic E-state index is 0. The second-order valence-corrected chi connectivity index (χ2v) is 4.62. The molecule has 0 saturated heterocycles. The van der Waals surface area contributed by atoms with Crippen molar-refractivity contribution in [1.29, 1.82) is 0 Å². The van der Waals surface area contributed by atoms with Crippen molar-refractivity contribution in [2.24, 2.45) is 11.5 Å². The Morgan fingerprint density at radius 2 is 1.52 bits per heavy atom. The largest absolute Gasteiger partial charge is 2.00 e. The Bertz CT molecular complexity index is 730. The van der Waals surface area contributed by atoms with E-state index >= 15 is 0 Å². The zero-order chi connectivity index (χ0) is 15.9. The fraction of sp³-hybridized carbons (Fsp3) is 0. The van der Waals surface area contributed by atoms with Crippen LogP contribution >= 0.6 is 0 Å². The topological polar surface area (TPSA) is 86.2 Å². The van der Waals surface area contributed by atoms with E-state index in [1.165, 1.54) is 6.07 Å². The summed E-state index contributed by atoms with van der Waals surface area (Å²) in [5.41, 5.74) is 12.6. The van der Waals surface area contributed by atoms with Crippen molar-refractivity contribution in [2.45, 2.75) is 0 Å². The Kier molecular flexibility index (Phi) is 7.00. The summed E-state index contributed by atoms with van der Waals surface area (Å²) in [5.74, 6) is -1.16. The number of primary amides is 2. The Morgan fingerprint density at radius 1 is 0.913 bits per heavy atom. The van der Waals surface area contributed by atoms with Crippen LogP contribution in [0.25, 0.3) is 11.1 Å². The van der Waals surface area contributed by atoms with E-state index in [1.54, 1.807) is 12.1 Å². The zero-order valence-electron chi connectivity index (χ0n) is 12.3. The van der Waals surface area contributed by atoms with Gasteiger partial charge in [0.2, 0.25) is 11.8 Å². The molecule has 3 aromatic carbocycles. The minimum Gasteiger partial charge on any atom is -0.372 e. The van der Waals surface area contributed by atoms with Crippen LogP contribution in [0.15, 0.2) is 72.8 Å². The maximum atomic E-state index is 11.4. The number of nitrogens with two attached hydrogens (primary N) is 2. The second kappa shape index (κ2) is 8.73. The number of carbonyl (C=O) groups excluding carboxylic acids is 2. The van der Waals surface area contributed by atoms with Crippen LogP contribution in [0.3, 0.4) is 0 Å². The number of benzene rings is 1. The van der Waals surface area contributed by atoms with Gasteiger partial charge in [0, 0.05) is 5.56 Å². The Labute approximate surface area is 145 Å². The van der Waals surface area contributed by atoms with Gasteiger partial charge in [0.15, 0.2) is 0 Å². The molecule has 0 saturated carbocycles. The molecule has 0 bridgehead atoms. The van der Waals surface area contributed by atoms with E-state index in [1.807, 2.05) is 54.6 Å². The van der Waals surface area contributed by atoms with Crippen molar-refractivity contribution < 1.29 is 26.7 Å². The van der Waals surface area contributed by atoms with Gasteiger partial charge in [0.05, 0.1) is 0 Å². The Morgan fingerprint density at radius 3 is 1.96 bits per heavy atom. The summed E-state index contributed by atoms with van der Waals surface area (Å²) in [7, 11) is 0. The first kappa shape index (κ1) is 18.4. The fourth-order valence-electron chi connectivity index (χ4n) is 2.03. The molecule has 0 aliphatic rings. The number of hydrogen-bond acceptors (Lipinski definition) is 2. The van der Waals surface area contributed by atoms with E-state index in [0.717, 1.165) is 5.56 Å². The average molecular weight is 348 g/mol. The molecule has 0 radical (unpaired) electrons. The van der Waals surface area contributed by atoms with Gasteiger partial charge in [-0.1, -0.05) is 17.7 Å². The molecular formula is C18H16FeN2O2. The monoisotopic (exact) mass is 348 g/mol. The summed E-state index contributed by atoms with van der Waals surface area (Å²) in [6, 6.07) is 22.1. The van der Waals surface area contributed by atoms with E-state index in [0.29, 0.717) is 11.1 Å². The fourth-order valence-corrected chi connectivity index (χ4v) is 2.03. The molecule has 3 rings (SSSR count). The molecule has 2 amide bonds. The quantitative estimate of drug-likeness (QED) is 0.563. The molecule has 118 valence electrons. The SMILES string of the molecule is NC(=O)c1ccc(-[c-]2cccc2)c(C(N)=O)c1.[Fe+2].c1cc[cH-]c1. The van der Waals surface area contributed by atoms with Gasteiger partial charge in [-0.2, -0.15) is 30.3 Å². The molecule has 0 aliphatic heterocycles. The van der Waals surface area contributed by atoms with Crippen molar-refractivity contribution in [3.8, 4) is 11.1 Å². The predicted octanol–water partition coefficient (Wildman–Crippen LogP) is 2.67. The van der Waals surface area contributed by atoms with Gasteiger partial charge in [-0.05, 0) is 5.56 Å². The third kappa shape index (κ3) is 4.95. The summed E-state index contributed by atoms with van der Waals surface area (Å²) in [5, 5.41) is 0.